The standard InChI is InChI=1S/C18H18F2N2O3/c1-11-14(6-8-25-11)17(23)21-16-3-2-7-22(18(16)24)10-12-4-5-13(19)9-15(12)20/h4-6,8-9,16H,2-3,7,10H2,1H3,(H,21,23)/t16-/m0/s1. The molecule has 0 bridgehead atoms. The molecule has 1 atom stereocenters. The van der Waals surface area contributed by atoms with Crippen LogP contribution >= 0.6 is 0 Å². The SMILES string of the molecule is Cc1occc1C(=O)N[C@H]1CCCN(Cc2ccc(F)cc2F)C1=O. The number of carbonyl (C=O) groups is 2. The van der Waals surface area contributed by atoms with E-state index in [-0.39, 0.29) is 23.9 Å². The molecular weight excluding hydrogens is 330 g/mol. The first-order valence-corrected chi connectivity index (χ1v) is 8.03. The van der Waals surface area contributed by atoms with Crippen LogP contribution < -0.4 is 5.32 Å². The van der Waals surface area contributed by atoms with E-state index in [1.807, 2.05) is 0 Å². The molecule has 1 saturated heterocycles. The molecule has 1 N–H and O–H groups in total. The molecule has 1 aromatic carbocycles. The Morgan fingerprint density at radius 2 is 2.16 bits per heavy atom. The van der Waals surface area contributed by atoms with E-state index in [2.05, 4.69) is 5.32 Å². The largest absolute Gasteiger partial charge is 0.469 e. The Morgan fingerprint density at radius 1 is 1.36 bits per heavy atom. The van der Waals surface area contributed by atoms with Crippen molar-refractivity contribution in [2.75, 3.05) is 6.54 Å². The van der Waals surface area contributed by atoms with Crippen molar-refractivity contribution >= 4 is 11.8 Å². The number of rotatable bonds is 4. The number of hydrogen-bond acceptors (Lipinski definition) is 3. The molecule has 7 heteroatoms. The summed E-state index contributed by atoms with van der Waals surface area (Å²) in [6, 6.07) is 4.16. The van der Waals surface area contributed by atoms with E-state index < -0.39 is 17.7 Å². The lowest BCUT2D eigenvalue weighted by Gasteiger charge is -2.32. The zero-order valence-electron chi connectivity index (χ0n) is 13.7. The van der Waals surface area contributed by atoms with Crippen molar-refractivity contribution in [3.8, 4) is 0 Å². The molecule has 1 aliphatic rings. The van der Waals surface area contributed by atoms with E-state index in [9.17, 15) is 18.4 Å². The Labute approximate surface area is 143 Å². The lowest BCUT2D eigenvalue weighted by molar-refractivity contribution is -0.136. The number of likely N-dealkylation sites (tertiary alicyclic amines) is 1. The van der Waals surface area contributed by atoms with E-state index in [1.165, 1.54) is 17.2 Å². The predicted molar refractivity (Wildman–Crippen MR) is 85.7 cm³/mol. The normalized spacial score (nSPS) is 17.6. The van der Waals surface area contributed by atoms with Gasteiger partial charge in [0.1, 0.15) is 23.4 Å². The van der Waals surface area contributed by atoms with Gasteiger partial charge in [-0.25, -0.2) is 8.78 Å². The van der Waals surface area contributed by atoms with Crippen LogP contribution in [-0.2, 0) is 11.3 Å². The van der Waals surface area contributed by atoms with Gasteiger partial charge in [-0.3, -0.25) is 9.59 Å². The smallest absolute Gasteiger partial charge is 0.255 e. The van der Waals surface area contributed by atoms with Crippen molar-refractivity contribution in [2.24, 2.45) is 0 Å². The number of hydrogen-bond donors (Lipinski definition) is 1. The number of nitrogens with zero attached hydrogens (tertiary/aromatic N) is 1. The third kappa shape index (κ3) is 3.70. The third-order valence-electron chi connectivity index (χ3n) is 4.32. The molecule has 3 rings (SSSR count). The minimum Gasteiger partial charge on any atom is -0.469 e. The quantitative estimate of drug-likeness (QED) is 0.924. The van der Waals surface area contributed by atoms with Crippen LogP contribution in [0, 0.1) is 18.6 Å². The zero-order valence-corrected chi connectivity index (χ0v) is 13.7. The summed E-state index contributed by atoms with van der Waals surface area (Å²) in [7, 11) is 0. The lowest BCUT2D eigenvalue weighted by Crippen LogP contribution is -2.52. The number of amides is 2. The van der Waals surface area contributed by atoms with Gasteiger partial charge in [0.05, 0.1) is 11.8 Å². The van der Waals surface area contributed by atoms with Crippen LogP contribution in [0.25, 0.3) is 0 Å². The van der Waals surface area contributed by atoms with Crippen LogP contribution in [-0.4, -0.2) is 29.3 Å². The van der Waals surface area contributed by atoms with Gasteiger partial charge in [-0.2, -0.15) is 0 Å². The van der Waals surface area contributed by atoms with Crippen LogP contribution in [0.1, 0.15) is 34.5 Å². The van der Waals surface area contributed by atoms with Crippen molar-refractivity contribution in [1.82, 2.24) is 10.2 Å². The van der Waals surface area contributed by atoms with Gasteiger partial charge < -0.3 is 14.6 Å². The number of piperidine rings is 1. The van der Waals surface area contributed by atoms with E-state index in [1.54, 1.807) is 13.0 Å². The molecule has 0 unspecified atom stereocenters. The highest BCUT2D eigenvalue weighted by Gasteiger charge is 2.31. The zero-order chi connectivity index (χ0) is 18.0. The Bertz CT molecular complexity index is 803. The number of furan rings is 1. The van der Waals surface area contributed by atoms with Crippen molar-refractivity contribution in [3.05, 3.63) is 59.1 Å². The highest BCUT2D eigenvalue weighted by Crippen LogP contribution is 2.18. The topological polar surface area (TPSA) is 62.6 Å². The summed E-state index contributed by atoms with van der Waals surface area (Å²) in [5.74, 6) is -1.52. The number of aryl methyl sites for hydroxylation is 1. The molecule has 5 nitrogen and oxygen atoms in total. The fourth-order valence-corrected chi connectivity index (χ4v) is 2.94. The fraction of sp³-hybridized carbons (Fsp3) is 0.333. The average molecular weight is 348 g/mol. The number of halogens is 2. The minimum absolute atomic E-state index is 0.0437. The van der Waals surface area contributed by atoms with Crippen LogP contribution in [0.4, 0.5) is 8.78 Å². The summed E-state index contributed by atoms with van der Waals surface area (Å²) in [5.41, 5.74) is 0.627. The fourth-order valence-electron chi connectivity index (χ4n) is 2.94. The summed E-state index contributed by atoms with van der Waals surface area (Å²) < 4.78 is 31.9. The predicted octanol–water partition coefficient (Wildman–Crippen LogP) is 2.79. The molecule has 1 fully saturated rings. The van der Waals surface area contributed by atoms with Gasteiger partial charge in [0.15, 0.2) is 0 Å². The number of nitrogens with one attached hydrogen (secondary N) is 1. The van der Waals surface area contributed by atoms with Crippen LogP contribution in [0.3, 0.4) is 0 Å². The summed E-state index contributed by atoms with van der Waals surface area (Å²) in [6.45, 7) is 2.18. The first-order chi connectivity index (χ1) is 12.0. The van der Waals surface area contributed by atoms with Crippen molar-refractivity contribution < 1.29 is 22.8 Å². The first-order valence-electron chi connectivity index (χ1n) is 8.03. The molecule has 1 aromatic heterocycles. The summed E-state index contributed by atoms with van der Waals surface area (Å²) >= 11 is 0. The molecule has 0 radical (unpaired) electrons. The second-order valence-electron chi connectivity index (χ2n) is 6.05. The van der Waals surface area contributed by atoms with Gasteiger partial charge in [0, 0.05) is 24.7 Å². The van der Waals surface area contributed by atoms with Crippen molar-refractivity contribution in [3.63, 3.8) is 0 Å². The molecule has 1 aliphatic heterocycles. The maximum atomic E-state index is 13.8. The number of benzene rings is 1. The first kappa shape index (κ1) is 17.1. The summed E-state index contributed by atoms with van der Waals surface area (Å²) in [5, 5.41) is 2.71. The molecule has 0 spiro atoms. The maximum absolute atomic E-state index is 13.8. The molecule has 25 heavy (non-hydrogen) atoms. The van der Waals surface area contributed by atoms with Gasteiger partial charge in [-0.05, 0) is 31.9 Å². The Balaban J connectivity index is 1.68. The highest BCUT2D eigenvalue weighted by molar-refractivity contribution is 5.98. The van der Waals surface area contributed by atoms with E-state index >= 15 is 0 Å². The maximum Gasteiger partial charge on any atom is 0.255 e. The summed E-state index contributed by atoms with van der Waals surface area (Å²) in [6.07, 6.45) is 2.62. The second kappa shape index (κ2) is 7.04. The molecule has 2 heterocycles. The average Bonchev–Trinajstić information content (AvgIpc) is 3.00. The van der Waals surface area contributed by atoms with Crippen LogP contribution in [0.5, 0.6) is 0 Å². The van der Waals surface area contributed by atoms with Crippen LogP contribution in [0.2, 0.25) is 0 Å². The Morgan fingerprint density at radius 3 is 2.84 bits per heavy atom. The minimum atomic E-state index is -0.687. The molecular formula is C18H18F2N2O3. The monoisotopic (exact) mass is 348 g/mol. The van der Waals surface area contributed by atoms with Gasteiger partial charge in [-0.15, -0.1) is 0 Å². The molecule has 0 aliphatic carbocycles. The van der Waals surface area contributed by atoms with Gasteiger partial charge in [-0.1, -0.05) is 6.07 Å². The van der Waals surface area contributed by atoms with Gasteiger partial charge in [0.25, 0.3) is 5.91 Å². The van der Waals surface area contributed by atoms with Crippen LogP contribution in [0.15, 0.2) is 34.9 Å². The lowest BCUT2D eigenvalue weighted by atomic mass is 10.0. The molecule has 2 aromatic rings. The second-order valence-corrected chi connectivity index (χ2v) is 6.05. The van der Waals surface area contributed by atoms with E-state index in [4.69, 9.17) is 4.42 Å². The van der Waals surface area contributed by atoms with Crippen molar-refractivity contribution in [1.29, 1.82) is 0 Å². The third-order valence-corrected chi connectivity index (χ3v) is 4.32. The molecule has 0 saturated carbocycles. The molecule has 132 valence electrons. The Hall–Kier alpha value is -2.70. The highest BCUT2D eigenvalue weighted by atomic mass is 19.1. The van der Waals surface area contributed by atoms with E-state index in [0.29, 0.717) is 30.7 Å². The van der Waals surface area contributed by atoms with Gasteiger partial charge in [0.2, 0.25) is 5.91 Å². The Kier molecular flexibility index (Phi) is 4.83. The van der Waals surface area contributed by atoms with E-state index in [0.717, 1.165) is 12.1 Å². The van der Waals surface area contributed by atoms with Gasteiger partial charge >= 0.3 is 0 Å². The number of carbonyl (C=O) groups excluding carboxylic acids is 2. The van der Waals surface area contributed by atoms with Crippen molar-refractivity contribution in [2.45, 2.75) is 32.4 Å². The molecule has 2 amide bonds. The summed E-state index contributed by atoms with van der Waals surface area (Å²) in [4.78, 5) is 26.3.